The summed E-state index contributed by atoms with van der Waals surface area (Å²) in [6.07, 6.45) is -25.2. The number of hydrogen-bond acceptors (Lipinski definition) is 20. The summed E-state index contributed by atoms with van der Waals surface area (Å²) < 4.78 is 20.9. The fourth-order valence-electron chi connectivity index (χ4n) is 4.68. The zero-order chi connectivity index (χ0) is 35.5. The monoisotopic (exact) mass is 700 g/mol. The molecule has 284 valence electrons. The van der Waals surface area contributed by atoms with Gasteiger partial charge < -0.3 is 101 Å². The van der Waals surface area contributed by atoms with Crippen molar-refractivity contribution in [3.63, 3.8) is 0 Å². The van der Waals surface area contributed by atoms with E-state index in [4.69, 9.17) is 44.5 Å². The molecule has 2 aliphatic heterocycles. The Morgan fingerprint density at radius 1 is 0.532 bits per heavy atom. The average molecular weight is 701 g/mol. The van der Waals surface area contributed by atoms with Gasteiger partial charge in [-0.25, -0.2) is 0 Å². The third kappa shape index (κ3) is 12.2. The summed E-state index contributed by atoms with van der Waals surface area (Å²) in [7, 11) is 0. The lowest BCUT2D eigenvalue weighted by Gasteiger charge is -2.42. The summed E-state index contributed by atoms with van der Waals surface area (Å²) >= 11 is 0. The summed E-state index contributed by atoms with van der Waals surface area (Å²) in [5.41, 5.74) is 0. The third-order valence-electron chi connectivity index (χ3n) is 7.87. The molecule has 0 bridgehead atoms. The van der Waals surface area contributed by atoms with Crippen molar-refractivity contribution in [2.75, 3.05) is 33.0 Å². The van der Waals surface area contributed by atoms with Crippen LogP contribution in [0.5, 0.6) is 0 Å². The molecule has 0 aromatic carbocycles. The van der Waals surface area contributed by atoms with Crippen molar-refractivity contribution in [1.82, 2.24) is 0 Å². The first-order chi connectivity index (χ1) is 21.6. The zero-order valence-electron chi connectivity index (χ0n) is 25.4. The molecule has 16 N–H and O–H groups in total. The van der Waals surface area contributed by atoms with E-state index in [1.807, 2.05) is 0 Å². The quantitative estimate of drug-likeness (QED) is 0.0710. The van der Waals surface area contributed by atoms with E-state index < -0.39 is 143 Å². The molecule has 0 aromatic rings. The second-order valence-electron chi connectivity index (χ2n) is 11.2. The minimum atomic E-state index is -1.71. The van der Waals surface area contributed by atoms with E-state index in [9.17, 15) is 56.2 Å². The molecule has 0 spiro atoms. The van der Waals surface area contributed by atoms with E-state index in [2.05, 4.69) is 0 Å². The van der Waals surface area contributed by atoms with Gasteiger partial charge in [0.05, 0.1) is 51.3 Å². The lowest BCUT2D eigenvalue weighted by Crippen LogP contribution is -2.61. The van der Waals surface area contributed by atoms with Crippen LogP contribution in [0, 0.1) is 5.92 Å². The Bertz CT molecular complexity index is 746. The van der Waals surface area contributed by atoms with Crippen LogP contribution in [0.25, 0.3) is 0 Å². The minimum absolute atomic E-state index is 0. The molecule has 0 amide bonds. The smallest absolute Gasteiger partial charge is 0.187 e. The number of hydrogen-bond donors (Lipinski definition) is 16. The first-order valence-corrected chi connectivity index (χ1v) is 14.7. The Hall–Kier alpha value is -0.800. The second-order valence-corrected chi connectivity index (χ2v) is 11.2. The molecule has 20 nitrogen and oxygen atoms in total. The topological polar surface area (TPSA) is 361 Å². The van der Waals surface area contributed by atoms with Crippen LogP contribution in [0.1, 0.15) is 27.7 Å². The first-order valence-electron chi connectivity index (χ1n) is 14.7. The van der Waals surface area contributed by atoms with Crippen molar-refractivity contribution in [3.05, 3.63) is 0 Å². The van der Waals surface area contributed by atoms with Crippen LogP contribution in [0.15, 0.2) is 0 Å². The van der Waals surface area contributed by atoms with Crippen molar-refractivity contribution in [2.24, 2.45) is 5.92 Å². The van der Waals surface area contributed by atoms with E-state index in [1.165, 1.54) is 6.92 Å². The fraction of sp³-hybridized carbons (Fsp3) is 1.00. The maximum absolute atomic E-state index is 9.94. The summed E-state index contributed by atoms with van der Waals surface area (Å²) in [5, 5.41) is 153. The maximum atomic E-state index is 9.94. The highest BCUT2D eigenvalue weighted by Crippen LogP contribution is 2.27. The lowest BCUT2D eigenvalue weighted by molar-refractivity contribution is -0.326. The Morgan fingerprint density at radius 3 is 1.26 bits per heavy atom. The summed E-state index contributed by atoms with van der Waals surface area (Å²) in [6, 6.07) is 0. The van der Waals surface area contributed by atoms with Gasteiger partial charge >= 0.3 is 0 Å². The predicted octanol–water partition coefficient (Wildman–Crippen LogP) is -8.19. The minimum Gasteiger partial charge on any atom is -0.394 e. The van der Waals surface area contributed by atoms with Crippen molar-refractivity contribution in [3.8, 4) is 0 Å². The molecular formula is C27H56O20. The number of aliphatic hydroxyl groups is 16. The van der Waals surface area contributed by atoms with Gasteiger partial charge in [-0.15, -0.1) is 0 Å². The largest absolute Gasteiger partial charge is 0.394 e. The van der Waals surface area contributed by atoms with E-state index in [1.54, 1.807) is 6.92 Å². The molecule has 2 saturated heterocycles. The Morgan fingerprint density at radius 2 is 0.915 bits per heavy atom. The molecule has 0 saturated carbocycles. The predicted molar refractivity (Wildman–Crippen MR) is 155 cm³/mol. The SMILES string of the molecule is C.CC[C@@H](O)[C@@H](O[C@H]1OC(CO)[C@@H](O)[C@@H](O)C1O)[C@H](O)[C@@H](O)CO.C[C@@H]([C@H](O[C@@H]1OC(CO)[C@H](O)[C@H](O)C1O)[C@H](O)CO)[C@@H](O)CO. The fourth-order valence-corrected chi connectivity index (χ4v) is 4.68. The van der Waals surface area contributed by atoms with Gasteiger partial charge in [-0.05, 0) is 6.42 Å². The normalized spacial score (nSPS) is 36.4. The van der Waals surface area contributed by atoms with Crippen molar-refractivity contribution in [2.45, 2.75) is 132 Å². The molecule has 0 aliphatic carbocycles. The molecular weight excluding hydrogens is 644 g/mol. The molecule has 0 radical (unpaired) electrons. The zero-order valence-corrected chi connectivity index (χ0v) is 25.4. The number of rotatable bonds is 16. The Balaban J connectivity index is 0.000000882. The summed E-state index contributed by atoms with van der Waals surface area (Å²) in [4.78, 5) is 0. The van der Waals surface area contributed by atoms with E-state index in [-0.39, 0.29) is 13.8 Å². The van der Waals surface area contributed by atoms with Gasteiger partial charge in [0.1, 0.15) is 73.2 Å². The lowest BCUT2D eigenvalue weighted by atomic mass is 9.93. The van der Waals surface area contributed by atoms with Crippen LogP contribution >= 0.6 is 0 Å². The van der Waals surface area contributed by atoms with Gasteiger partial charge in [0.25, 0.3) is 0 Å². The molecule has 18 atom stereocenters. The van der Waals surface area contributed by atoms with Crippen LogP contribution in [0.3, 0.4) is 0 Å². The van der Waals surface area contributed by atoms with Gasteiger partial charge in [-0.3, -0.25) is 0 Å². The van der Waals surface area contributed by atoms with Gasteiger partial charge in [0.2, 0.25) is 0 Å². The summed E-state index contributed by atoms with van der Waals surface area (Å²) in [5.74, 6) is -0.852. The second kappa shape index (κ2) is 22.1. The van der Waals surface area contributed by atoms with Gasteiger partial charge in [-0.1, -0.05) is 21.3 Å². The molecule has 4 unspecified atom stereocenters. The highest BCUT2D eigenvalue weighted by molar-refractivity contribution is 4.92. The molecule has 2 aliphatic rings. The van der Waals surface area contributed by atoms with Gasteiger partial charge in [0.15, 0.2) is 12.6 Å². The Labute approximate surface area is 271 Å². The molecule has 2 rings (SSSR count). The maximum Gasteiger partial charge on any atom is 0.187 e. The number of aliphatic hydroxyl groups excluding tert-OH is 16. The van der Waals surface area contributed by atoms with E-state index in [0.29, 0.717) is 0 Å². The molecule has 0 aromatic heterocycles. The van der Waals surface area contributed by atoms with Crippen molar-refractivity contribution >= 4 is 0 Å². The van der Waals surface area contributed by atoms with Gasteiger partial charge in [0, 0.05) is 5.92 Å². The molecule has 47 heavy (non-hydrogen) atoms. The Kier molecular flexibility index (Phi) is 21.7. The first kappa shape index (κ1) is 46.2. The van der Waals surface area contributed by atoms with Crippen LogP contribution < -0.4 is 0 Å². The van der Waals surface area contributed by atoms with Crippen LogP contribution in [-0.2, 0) is 18.9 Å². The van der Waals surface area contributed by atoms with Crippen molar-refractivity contribution in [1.29, 1.82) is 0 Å². The van der Waals surface area contributed by atoms with Crippen LogP contribution in [-0.4, -0.2) is 219 Å². The van der Waals surface area contributed by atoms with Gasteiger partial charge in [-0.2, -0.15) is 0 Å². The average Bonchev–Trinajstić information content (AvgIpc) is 3.07. The van der Waals surface area contributed by atoms with Crippen LogP contribution in [0.4, 0.5) is 0 Å². The van der Waals surface area contributed by atoms with Crippen molar-refractivity contribution < 1.29 is 101 Å². The molecule has 2 fully saturated rings. The van der Waals surface area contributed by atoms with Crippen LogP contribution in [0.2, 0.25) is 0 Å². The molecule has 2 heterocycles. The highest BCUT2D eigenvalue weighted by atomic mass is 16.7. The molecule has 20 heteroatoms. The highest BCUT2D eigenvalue weighted by Gasteiger charge is 2.48. The summed E-state index contributed by atoms with van der Waals surface area (Å²) in [6.45, 7) is -0.411. The van der Waals surface area contributed by atoms with E-state index in [0.717, 1.165) is 0 Å². The van der Waals surface area contributed by atoms with E-state index >= 15 is 0 Å². The standard InChI is InChI=1S/2C13H26O10.CH4/c1-5(6(17)2-14)12(7(18)3-15)23-13-11(21)10(20)9(19)8(4-16)22-13;1-2-5(16)12(8(18)6(17)3-14)23-13-11(21)10(20)9(19)7(4-15)22-13;/h2*5-21H,2-4H2,1H3;1H4/t5-,6+,7-,8?,9+,10+,11?,12+,13+;5-,6+,7?,8-,9-,10-,11?,12-,13-;/m11./s1. The number of ether oxygens (including phenoxy) is 4. The third-order valence-corrected chi connectivity index (χ3v) is 7.87.